The Kier molecular flexibility index (Phi) is 6.75. The summed E-state index contributed by atoms with van der Waals surface area (Å²) < 4.78 is 21.4. The van der Waals surface area contributed by atoms with Crippen LogP contribution in [0, 0.1) is 12.7 Å². The molecule has 1 unspecified atom stereocenters. The Hall–Kier alpha value is -2.31. The lowest BCUT2D eigenvalue weighted by Crippen LogP contribution is -2.12. The van der Waals surface area contributed by atoms with E-state index in [1.807, 2.05) is 42.7 Å². The van der Waals surface area contributed by atoms with E-state index in [2.05, 4.69) is 16.8 Å². The fraction of sp³-hybridized carbons (Fsp3) is 0.238. The van der Waals surface area contributed by atoms with Gasteiger partial charge in [0.2, 0.25) is 0 Å². The lowest BCUT2D eigenvalue weighted by Gasteiger charge is -2.17. The molecule has 2 aromatic carbocycles. The van der Waals surface area contributed by atoms with Gasteiger partial charge in [0.15, 0.2) is 17.1 Å². The van der Waals surface area contributed by atoms with Crippen LogP contribution in [-0.2, 0) is 12.3 Å². The molecule has 1 atom stereocenters. The van der Waals surface area contributed by atoms with Crippen LogP contribution in [0.2, 0.25) is 5.02 Å². The number of rotatable bonds is 8. The van der Waals surface area contributed by atoms with Crippen LogP contribution in [0.3, 0.4) is 0 Å². The van der Waals surface area contributed by atoms with Crippen molar-refractivity contribution in [2.24, 2.45) is 0 Å². The van der Waals surface area contributed by atoms with E-state index in [-0.39, 0.29) is 11.9 Å². The van der Waals surface area contributed by atoms with Gasteiger partial charge in [0.1, 0.15) is 11.6 Å². The number of benzene rings is 2. The van der Waals surface area contributed by atoms with Gasteiger partial charge in [-0.25, -0.2) is 4.39 Å². The van der Waals surface area contributed by atoms with Crippen LogP contribution in [0.25, 0.3) is 0 Å². The number of hydrogen-bond acceptors (Lipinski definition) is 4. The highest BCUT2D eigenvalue weighted by molar-refractivity contribution is 7.98. The fourth-order valence-electron chi connectivity index (χ4n) is 2.73. The van der Waals surface area contributed by atoms with Crippen molar-refractivity contribution in [1.82, 2.24) is 14.8 Å². The predicted molar refractivity (Wildman–Crippen MR) is 111 cm³/mol. The molecule has 28 heavy (non-hydrogen) atoms. The summed E-state index contributed by atoms with van der Waals surface area (Å²) in [6.07, 6.45) is 1.43. The van der Waals surface area contributed by atoms with Gasteiger partial charge in [-0.15, -0.1) is 16.8 Å². The Balaban J connectivity index is 1.79. The van der Waals surface area contributed by atoms with Gasteiger partial charge in [-0.1, -0.05) is 47.6 Å². The van der Waals surface area contributed by atoms with E-state index in [4.69, 9.17) is 16.3 Å². The van der Waals surface area contributed by atoms with Crippen molar-refractivity contribution in [1.29, 1.82) is 0 Å². The summed E-state index contributed by atoms with van der Waals surface area (Å²) in [7, 11) is 0. The van der Waals surface area contributed by atoms with Crippen LogP contribution in [0.4, 0.5) is 4.39 Å². The second-order valence-corrected chi connectivity index (χ2v) is 7.70. The Morgan fingerprint density at radius 2 is 2.11 bits per heavy atom. The van der Waals surface area contributed by atoms with Crippen molar-refractivity contribution >= 4 is 23.4 Å². The van der Waals surface area contributed by atoms with Crippen molar-refractivity contribution in [3.8, 4) is 5.75 Å². The number of ether oxygens (including phenoxy) is 1. The van der Waals surface area contributed by atoms with Crippen molar-refractivity contribution < 1.29 is 9.13 Å². The van der Waals surface area contributed by atoms with Gasteiger partial charge in [0.25, 0.3) is 0 Å². The molecule has 0 saturated carbocycles. The average molecular weight is 418 g/mol. The minimum Gasteiger partial charge on any atom is -0.481 e. The Morgan fingerprint density at radius 3 is 2.86 bits per heavy atom. The van der Waals surface area contributed by atoms with Gasteiger partial charge in [-0.3, -0.25) is 4.57 Å². The fourth-order valence-corrected chi connectivity index (χ4v) is 3.79. The molecule has 4 nitrogen and oxygen atoms in total. The molecule has 0 spiro atoms. The molecule has 1 heterocycles. The van der Waals surface area contributed by atoms with Crippen LogP contribution >= 0.6 is 23.4 Å². The molecule has 0 amide bonds. The molecule has 146 valence electrons. The molecule has 3 rings (SSSR count). The summed E-state index contributed by atoms with van der Waals surface area (Å²) in [5, 5.41) is 9.89. The highest BCUT2D eigenvalue weighted by atomic mass is 35.5. The topological polar surface area (TPSA) is 39.9 Å². The van der Waals surface area contributed by atoms with Crippen molar-refractivity contribution in [3.63, 3.8) is 0 Å². The second-order valence-electron chi connectivity index (χ2n) is 6.35. The molecule has 0 radical (unpaired) electrons. The zero-order valence-electron chi connectivity index (χ0n) is 15.7. The molecule has 1 aromatic heterocycles. The van der Waals surface area contributed by atoms with Gasteiger partial charge in [0, 0.05) is 12.3 Å². The number of aryl methyl sites for hydroxylation is 1. The van der Waals surface area contributed by atoms with E-state index in [0.717, 1.165) is 16.3 Å². The molecule has 0 aliphatic carbocycles. The third kappa shape index (κ3) is 4.94. The maximum Gasteiger partial charge on any atom is 0.191 e. The van der Waals surface area contributed by atoms with Gasteiger partial charge in [0.05, 0.1) is 5.02 Å². The first-order chi connectivity index (χ1) is 13.5. The summed E-state index contributed by atoms with van der Waals surface area (Å²) in [5.41, 5.74) is 1.95. The van der Waals surface area contributed by atoms with Gasteiger partial charge >= 0.3 is 0 Å². The van der Waals surface area contributed by atoms with Crippen LogP contribution in [0.1, 0.15) is 30.0 Å². The number of nitrogens with zero attached hydrogens (tertiary/aromatic N) is 3. The van der Waals surface area contributed by atoms with Crippen molar-refractivity contribution in [2.75, 3.05) is 0 Å². The van der Waals surface area contributed by atoms with Crippen LogP contribution in [0.15, 0.2) is 60.3 Å². The van der Waals surface area contributed by atoms with Crippen LogP contribution < -0.4 is 4.74 Å². The lowest BCUT2D eigenvalue weighted by atomic mass is 10.2. The van der Waals surface area contributed by atoms with E-state index in [1.165, 1.54) is 23.9 Å². The quantitative estimate of drug-likeness (QED) is 0.333. The van der Waals surface area contributed by atoms with Gasteiger partial charge in [-0.05, 0) is 49.2 Å². The number of thioether (sulfide) groups is 1. The van der Waals surface area contributed by atoms with Crippen molar-refractivity contribution in [2.45, 2.75) is 37.4 Å². The molecular weight excluding hydrogens is 397 g/mol. The highest BCUT2D eigenvalue weighted by Crippen LogP contribution is 2.31. The Labute approximate surface area is 173 Å². The smallest absolute Gasteiger partial charge is 0.191 e. The number of halogens is 2. The molecule has 0 N–H and O–H groups in total. The monoisotopic (exact) mass is 417 g/mol. The third-order valence-corrected chi connectivity index (χ3v) is 5.42. The average Bonchev–Trinajstić information content (AvgIpc) is 3.06. The number of hydrogen-bond donors (Lipinski definition) is 0. The molecule has 0 aliphatic heterocycles. The molecule has 0 bridgehead atoms. The molecular formula is C21H21ClFN3OS. The van der Waals surface area contributed by atoms with Gasteiger partial charge in [-0.2, -0.15) is 0 Å². The van der Waals surface area contributed by atoms with Crippen LogP contribution in [-0.4, -0.2) is 14.8 Å². The molecule has 7 heteroatoms. The normalized spacial score (nSPS) is 12.0. The minimum absolute atomic E-state index is 0.247. The number of allylic oxidation sites excluding steroid dienone is 1. The summed E-state index contributed by atoms with van der Waals surface area (Å²) in [6.45, 7) is 8.25. The minimum atomic E-state index is -0.352. The van der Waals surface area contributed by atoms with Crippen molar-refractivity contribution in [3.05, 3.63) is 82.9 Å². The maximum atomic E-state index is 13.4. The van der Waals surface area contributed by atoms with E-state index >= 15 is 0 Å². The summed E-state index contributed by atoms with van der Waals surface area (Å²) in [6, 6.07) is 12.2. The molecule has 0 fully saturated rings. The zero-order chi connectivity index (χ0) is 20.1. The first kappa shape index (κ1) is 20.4. The van der Waals surface area contributed by atoms with E-state index in [1.54, 1.807) is 12.1 Å². The second kappa shape index (κ2) is 9.26. The predicted octanol–water partition coefficient (Wildman–Crippen LogP) is 6.00. The van der Waals surface area contributed by atoms with E-state index < -0.39 is 0 Å². The third-order valence-electron chi connectivity index (χ3n) is 4.07. The van der Waals surface area contributed by atoms with E-state index in [9.17, 15) is 4.39 Å². The largest absolute Gasteiger partial charge is 0.481 e. The summed E-state index contributed by atoms with van der Waals surface area (Å²) in [5.74, 6) is 1.63. The van der Waals surface area contributed by atoms with E-state index in [0.29, 0.717) is 28.9 Å². The summed E-state index contributed by atoms with van der Waals surface area (Å²) >= 11 is 7.74. The molecule has 0 aliphatic rings. The zero-order valence-corrected chi connectivity index (χ0v) is 17.3. The SMILES string of the molecule is C=CCn1c(SCc2cccc(F)c2)nnc1C(C)Oc1cc(C)ccc1Cl. The molecule has 3 aromatic rings. The highest BCUT2D eigenvalue weighted by Gasteiger charge is 2.20. The number of aromatic nitrogens is 3. The first-order valence-corrected chi connectivity index (χ1v) is 10.2. The Morgan fingerprint density at radius 1 is 1.29 bits per heavy atom. The van der Waals surface area contributed by atoms with Crippen LogP contribution in [0.5, 0.6) is 5.75 Å². The van der Waals surface area contributed by atoms with Gasteiger partial charge < -0.3 is 4.74 Å². The maximum absolute atomic E-state index is 13.4. The summed E-state index contributed by atoms with van der Waals surface area (Å²) in [4.78, 5) is 0. The Bertz CT molecular complexity index is 976. The lowest BCUT2D eigenvalue weighted by molar-refractivity contribution is 0.210. The standard InChI is InChI=1S/C21H21ClFN3OS/c1-4-10-26-20(15(3)27-19-11-14(2)8-9-18(19)22)24-25-21(26)28-13-16-6-5-7-17(23)12-16/h4-9,11-12,15H,1,10,13H2,2-3H3. The molecule has 0 saturated heterocycles. The first-order valence-electron chi connectivity index (χ1n) is 8.82.